The zero-order valence-electron chi connectivity index (χ0n) is 11.4. The predicted octanol–water partition coefficient (Wildman–Crippen LogP) is 4.32. The molecule has 0 bridgehead atoms. The molecule has 3 nitrogen and oxygen atoms in total. The summed E-state index contributed by atoms with van der Waals surface area (Å²) in [7, 11) is 0. The molecule has 0 heterocycles. The number of hydrogen-bond donors (Lipinski definition) is 1. The summed E-state index contributed by atoms with van der Waals surface area (Å²) in [6, 6.07) is 9.42. The maximum absolute atomic E-state index is 14.0. The fourth-order valence-corrected chi connectivity index (χ4v) is 2.18. The lowest BCUT2D eigenvalue weighted by Gasteiger charge is -2.10. The van der Waals surface area contributed by atoms with Crippen LogP contribution in [-0.2, 0) is 13.0 Å². The molecule has 1 N–H and O–H groups in total. The third-order valence-corrected chi connectivity index (χ3v) is 3.47. The lowest BCUT2D eigenvalue weighted by atomic mass is 10.1. The third kappa shape index (κ3) is 3.52. The van der Waals surface area contributed by atoms with Gasteiger partial charge < -0.3 is 9.84 Å². The third-order valence-electron chi connectivity index (χ3n) is 3.10. The molecular weight excluding hydrogens is 295 g/mol. The number of hydrogen-bond acceptors (Lipinski definition) is 2. The Kier molecular flexibility index (Phi) is 4.81. The Balaban J connectivity index is 2.17. The van der Waals surface area contributed by atoms with Crippen LogP contribution >= 0.6 is 11.6 Å². The minimum atomic E-state index is -1.30. The number of carboxylic acid groups (broad SMARTS) is 1. The maximum atomic E-state index is 14.0. The van der Waals surface area contributed by atoms with E-state index in [9.17, 15) is 9.18 Å². The van der Waals surface area contributed by atoms with Gasteiger partial charge in [0.05, 0.1) is 5.56 Å². The van der Waals surface area contributed by atoms with Crippen molar-refractivity contribution in [2.75, 3.05) is 0 Å². The van der Waals surface area contributed by atoms with E-state index >= 15 is 0 Å². The fraction of sp³-hybridized carbons (Fsp3) is 0.188. The van der Waals surface area contributed by atoms with Gasteiger partial charge >= 0.3 is 5.97 Å². The molecule has 0 spiro atoms. The molecule has 0 fully saturated rings. The molecule has 2 rings (SSSR count). The van der Waals surface area contributed by atoms with Crippen molar-refractivity contribution in [3.8, 4) is 5.75 Å². The topological polar surface area (TPSA) is 46.5 Å². The van der Waals surface area contributed by atoms with E-state index in [1.807, 2.05) is 6.92 Å². The number of benzene rings is 2. The van der Waals surface area contributed by atoms with Crippen molar-refractivity contribution in [3.63, 3.8) is 0 Å². The van der Waals surface area contributed by atoms with Crippen molar-refractivity contribution in [2.45, 2.75) is 20.0 Å². The Morgan fingerprint density at radius 1 is 1.29 bits per heavy atom. The van der Waals surface area contributed by atoms with E-state index < -0.39 is 11.8 Å². The second kappa shape index (κ2) is 6.59. The summed E-state index contributed by atoms with van der Waals surface area (Å²) in [6.45, 7) is 1.93. The van der Waals surface area contributed by atoms with E-state index in [1.54, 1.807) is 18.2 Å². The molecule has 110 valence electrons. The van der Waals surface area contributed by atoms with Crippen LogP contribution in [-0.4, -0.2) is 11.1 Å². The van der Waals surface area contributed by atoms with Crippen LogP contribution in [0.5, 0.6) is 5.75 Å². The standard InChI is InChI=1S/C16H14ClFO3/c1-2-10-8-12(6-7-14(10)17)21-9-11-4-3-5-13(15(11)18)16(19)20/h3-8H,2,9H2,1H3,(H,19,20). The molecular formula is C16H14ClFO3. The van der Waals surface area contributed by atoms with Gasteiger partial charge in [0.1, 0.15) is 18.2 Å². The van der Waals surface area contributed by atoms with Gasteiger partial charge in [0.25, 0.3) is 0 Å². The first-order valence-corrected chi connectivity index (χ1v) is 6.82. The first-order chi connectivity index (χ1) is 10.0. The van der Waals surface area contributed by atoms with Crippen molar-refractivity contribution in [3.05, 3.63) is 63.9 Å². The largest absolute Gasteiger partial charge is 0.489 e. The first-order valence-electron chi connectivity index (χ1n) is 6.44. The molecule has 0 aliphatic heterocycles. The Labute approximate surface area is 126 Å². The molecule has 0 aromatic heterocycles. The van der Waals surface area contributed by atoms with Gasteiger partial charge in [-0.05, 0) is 36.2 Å². The van der Waals surface area contributed by atoms with E-state index in [4.69, 9.17) is 21.4 Å². The Hall–Kier alpha value is -2.07. The molecule has 0 aliphatic carbocycles. The summed E-state index contributed by atoms with van der Waals surface area (Å²) in [4.78, 5) is 10.9. The van der Waals surface area contributed by atoms with E-state index in [0.29, 0.717) is 10.8 Å². The van der Waals surface area contributed by atoms with Crippen LogP contribution in [0.25, 0.3) is 0 Å². The van der Waals surface area contributed by atoms with Crippen LogP contribution < -0.4 is 4.74 Å². The second-order valence-electron chi connectivity index (χ2n) is 4.48. The molecule has 0 saturated carbocycles. The zero-order valence-corrected chi connectivity index (χ0v) is 12.2. The van der Waals surface area contributed by atoms with Crippen molar-refractivity contribution < 1.29 is 19.0 Å². The van der Waals surface area contributed by atoms with Crippen molar-refractivity contribution in [1.82, 2.24) is 0 Å². The minimum absolute atomic E-state index is 0.0439. The summed E-state index contributed by atoms with van der Waals surface area (Å²) in [5.41, 5.74) is 0.776. The van der Waals surface area contributed by atoms with Gasteiger partial charge in [-0.15, -0.1) is 0 Å². The van der Waals surface area contributed by atoms with Gasteiger partial charge in [-0.2, -0.15) is 0 Å². The predicted molar refractivity (Wildman–Crippen MR) is 78.5 cm³/mol. The number of aryl methyl sites for hydroxylation is 1. The summed E-state index contributed by atoms with van der Waals surface area (Å²) in [6.07, 6.45) is 0.763. The molecule has 2 aromatic carbocycles. The van der Waals surface area contributed by atoms with Gasteiger partial charge in [0, 0.05) is 10.6 Å². The van der Waals surface area contributed by atoms with Gasteiger partial charge in [-0.3, -0.25) is 0 Å². The minimum Gasteiger partial charge on any atom is -0.489 e. The summed E-state index contributed by atoms with van der Waals surface area (Å²) < 4.78 is 19.5. The monoisotopic (exact) mass is 308 g/mol. The van der Waals surface area contributed by atoms with Gasteiger partial charge in [0.2, 0.25) is 0 Å². The van der Waals surface area contributed by atoms with E-state index in [-0.39, 0.29) is 17.7 Å². The highest BCUT2D eigenvalue weighted by Gasteiger charge is 2.14. The van der Waals surface area contributed by atoms with Crippen molar-refractivity contribution >= 4 is 17.6 Å². The Morgan fingerprint density at radius 2 is 2.05 bits per heavy atom. The number of ether oxygens (including phenoxy) is 1. The average molecular weight is 309 g/mol. The number of aromatic carboxylic acids is 1. The number of carbonyl (C=O) groups is 1. The molecule has 0 radical (unpaired) electrons. The van der Waals surface area contributed by atoms with Crippen LogP contribution in [0, 0.1) is 5.82 Å². The molecule has 5 heteroatoms. The highest BCUT2D eigenvalue weighted by Crippen LogP contribution is 2.24. The highest BCUT2D eigenvalue weighted by atomic mass is 35.5. The van der Waals surface area contributed by atoms with Crippen molar-refractivity contribution in [1.29, 1.82) is 0 Å². The quantitative estimate of drug-likeness (QED) is 0.895. The van der Waals surface area contributed by atoms with E-state index in [2.05, 4.69) is 0 Å². The summed E-state index contributed by atoms with van der Waals surface area (Å²) in [5.74, 6) is -1.50. The molecule has 21 heavy (non-hydrogen) atoms. The fourth-order valence-electron chi connectivity index (χ4n) is 1.93. The van der Waals surface area contributed by atoms with Gasteiger partial charge in [-0.25, -0.2) is 9.18 Å². The zero-order chi connectivity index (χ0) is 15.4. The lowest BCUT2D eigenvalue weighted by molar-refractivity contribution is 0.0691. The van der Waals surface area contributed by atoms with Crippen LogP contribution in [0.1, 0.15) is 28.4 Å². The van der Waals surface area contributed by atoms with Gasteiger partial charge in [0.15, 0.2) is 0 Å². The van der Waals surface area contributed by atoms with Crippen LogP contribution in [0.4, 0.5) is 4.39 Å². The normalized spacial score (nSPS) is 10.4. The Bertz CT molecular complexity index is 671. The van der Waals surface area contributed by atoms with Crippen LogP contribution in [0.15, 0.2) is 36.4 Å². The van der Waals surface area contributed by atoms with Crippen LogP contribution in [0.2, 0.25) is 5.02 Å². The molecule has 0 saturated heterocycles. The lowest BCUT2D eigenvalue weighted by Crippen LogP contribution is -2.06. The first kappa shape index (κ1) is 15.3. The van der Waals surface area contributed by atoms with E-state index in [1.165, 1.54) is 18.2 Å². The smallest absolute Gasteiger partial charge is 0.338 e. The molecule has 0 aliphatic rings. The van der Waals surface area contributed by atoms with Gasteiger partial charge in [-0.1, -0.05) is 30.7 Å². The number of carboxylic acids is 1. The highest BCUT2D eigenvalue weighted by molar-refractivity contribution is 6.31. The second-order valence-corrected chi connectivity index (χ2v) is 4.89. The maximum Gasteiger partial charge on any atom is 0.338 e. The Morgan fingerprint density at radius 3 is 2.71 bits per heavy atom. The molecule has 0 unspecified atom stereocenters. The number of rotatable bonds is 5. The molecule has 2 aromatic rings. The average Bonchev–Trinajstić information content (AvgIpc) is 2.47. The molecule has 0 amide bonds. The van der Waals surface area contributed by atoms with Crippen LogP contribution in [0.3, 0.4) is 0 Å². The van der Waals surface area contributed by atoms with Crippen molar-refractivity contribution in [2.24, 2.45) is 0 Å². The molecule has 0 atom stereocenters. The summed E-state index contributed by atoms with van der Waals surface area (Å²) in [5, 5.41) is 9.54. The SMILES string of the molecule is CCc1cc(OCc2cccc(C(=O)O)c2F)ccc1Cl. The van der Waals surface area contributed by atoms with E-state index in [0.717, 1.165) is 12.0 Å². The number of halogens is 2. The summed E-state index contributed by atoms with van der Waals surface area (Å²) >= 11 is 6.01.